The fourth-order valence-electron chi connectivity index (χ4n) is 4.32. The van der Waals surface area contributed by atoms with Crippen molar-refractivity contribution in [1.29, 1.82) is 0 Å². The zero-order valence-corrected chi connectivity index (χ0v) is 12.8. The first-order chi connectivity index (χ1) is 9.27. The third kappa shape index (κ3) is 2.28. The van der Waals surface area contributed by atoms with E-state index >= 15 is 0 Å². The second-order valence-electron chi connectivity index (χ2n) is 7.77. The van der Waals surface area contributed by atoms with E-state index in [2.05, 4.69) is 42.2 Å². The van der Waals surface area contributed by atoms with Gasteiger partial charge in [0.05, 0.1) is 11.7 Å². The lowest BCUT2D eigenvalue weighted by Gasteiger charge is -2.45. The van der Waals surface area contributed by atoms with Crippen molar-refractivity contribution in [2.45, 2.75) is 53.0 Å². The molecule has 1 aliphatic rings. The number of hydrogen-bond donors (Lipinski definition) is 1. The standard InChI is InChI=1S/C16H24N4/c1-15(2)7-11(8-16(3,4)10-15)20-13-5-6-18-9-12(13)19-14(20)17/h5-6,9,11H,7-8,10H2,1-4H3,(H2,17,19). The van der Waals surface area contributed by atoms with Crippen LogP contribution in [0.4, 0.5) is 5.95 Å². The number of pyridine rings is 1. The first kappa shape index (κ1) is 13.4. The smallest absolute Gasteiger partial charge is 0.201 e. The van der Waals surface area contributed by atoms with Gasteiger partial charge in [0, 0.05) is 12.2 Å². The van der Waals surface area contributed by atoms with E-state index in [-0.39, 0.29) is 0 Å². The molecule has 2 heterocycles. The molecule has 0 bridgehead atoms. The summed E-state index contributed by atoms with van der Waals surface area (Å²) < 4.78 is 2.22. The molecular weight excluding hydrogens is 248 g/mol. The van der Waals surface area contributed by atoms with Crippen LogP contribution in [0.1, 0.15) is 53.0 Å². The molecule has 0 aliphatic heterocycles. The van der Waals surface area contributed by atoms with Crippen molar-refractivity contribution < 1.29 is 0 Å². The summed E-state index contributed by atoms with van der Waals surface area (Å²) in [4.78, 5) is 8.60. The first-order valence-electron chi connectivity index (χ1n) is 7.35. The molecule has 1 fully saturated rings. The van der Waals surface area contributed by atoms with Gasteiger partial charge in [-0.2, -0.15) is 0 Å². The van der Waals surface area contributed by atoms with Gasteiger partial charge in [-0.05, 0) is 36.2 Å². The topological polar surface area (TPSA) is 56.7 Å². The summed E-state index contributed by atoms with van der Waals surface area (Å²) in [6.45, 7) is 9.44. The molecule has 20 heavy (non-hydrogen) atoms. The van der Waals surface area contributed by atoms with Crippen LogP contribution in [0.15, 0.2) is 18.5 Å². The number of nitrogens with two attached hydrogens (primary N) is 1. The normalized spacial score (nSPS) is 22.2. The molecule has 0 unspecified atom stereocenters. The fourth-order valence-corrected chi connectivity index (χ4v) is 4.32. The number of anilines is 1. The lowest BCUT2D eigenvalue weighted by Crippen LogP contribution is -2.35. The van der Waals surface area contributed by atoms with Crippen molar-refractivity contribution in [3.8, 4) is 0 Å². The van der Waals surface area contributed by atoms with Crippen LogP contribution < -0.4 is 5.73 Å². The highest BCUT2D eigenvalue weighted by Crippen LogP contribution is 2.51. The Bertz CT molecular complexity index is 623. The third-order valence-corrected chi connectivity index (χ3v) is 4.42. The molecule has 2 N–H and O–H groups in total. The second kappa shape index (κ2) is 4.21. The van der Waals surface area contributed by atoms with E-state index in [4.69, 9.17) is 5.73 Å². The summed E-state index contributed by atoms with van der Waals surface area (Å²) in [6, 6.07) is 2.44. The van der Waals surface area contributed by atoms with Crippen LogP contribution >= 0.6 is 0 Å². The Kier molecular flexibility index (Phi) is 2.82. The summed E-state index contributed by atoms with van der Waals surface area (Å²) in [5.74, 6) is 0.617. The Morgan fingerprint density at radius 1 is 1.20 bits per heavy atom. The molecule has 0 radical (unpaired) electrons. The summed E-state index contributed by atoms with van der Waals surface area (Å²) in [5.41, 5.74) is 8.86. The van der Waals surface area contributed by atoms with Crippen molar-refractivity contribution >= 4 is 17.0 Å². The summed E-state index contributed by atoms with van der Waals surface area (Å²) >= 11 is 0. The zero-order chi connectivity index (χ0) is 14.5. The van der Waals surface area contributed by atoms with Gasteiger partial charge in [-0.1, -0.05) is 27.7 Å². The molecule has 2 aromatic rings. The molecule has 0 spiro atoms. The molecule has 4 heteroatoms. The third-order valence-electron chi connectivity index (χ3n) is 4.42. The summed E-state index contributed by atoms with van der Waals surface area (Å²) in [5, 5.41) is 0. The maximum absolute atomic E-state index is 6.19. The van der Waals surface area contributed by atoms with Crippen molar-refractivity contribution in [3.63, 3.8) is 0 Å². The zero-order valence-electron chi connectivity index (χ0n) is 12.8. The van der Waals surface area contributed by atoms with Gasteiger partial charge in [0.15, 0.2) is 0 Å². The molecule has 3 rings (SSSR count). The van der Waals surface area contributed by atoms with E-state index in [9.17, 15) is 0 Å². The van der Waals surface area contributed by atoms with Gasteiger partial charge >= 0.3 is 0 Å². The number of hydrogen-bond acceptors (Lipinski definition) is 3. The highest BCUT2D eigenvalue weighted by atomic mass is 15.2. The predicted molar refractivity (Wildman–Crippen MR) is 82.4 cm³/mol. The van der Waals surface area contributed by atoms with Crippen LogP contribution in [0.2, 0.25) is 0 Å². The second-order valence-corrected chi connectivity index (χ2v) is 7.77. The number of fused-ring (bicyclic) bond motifs is 1. The number of nitrogen functional groups attached to an aromatic ring is 1. The monoisotopic (exact) mass is 272 g/mol. The van der Waals surface area contributed by atoms with E-state index < -0.39 is 0 Å². The van der Waals surface area contributed by atoms with Gasteiger partial charge in [-0.3, -0.25) is 4.98 Å². The number of nitrogens with zero attached hydrogens (tertiary/aromatic N) is 3. The average Bonchev–Trinajstić information content (AvgIpc) is 2.60. The highest BCUT2D eigenvalue weighted by molar-refractivity contribution is 5.77. The predicted octanol–water partition coefficient (Wildman–Crippen LogP) is 3.79. The molecule has 2 aromatic heterocycles. The van der Waals surface area contributed by atoms with Crippen molar-refractivity contribution in [2.24, 2.45) is 10.8 Å². The molecule has 108 valence electrons. The van der Waals surface area contributed by atoms with Crippen LogP contribution in [-0.2, 0) is 0 Å². The molecular formula is C16H24N4. The maximum atomic E-state index is 6.19. The Morgan fingerprint density at radius 2 is 1.85 bits per heavy atom. The van der Waals surface area contributed by atoms with Gasteiger partial charge in [-0.25, -0.2) is 4.98 Å². The Labute approximate surface area is 120 Å². The van der Waals surface area contributed by atoms with Crippen LogP contribution in [0.3, 0.4) is 0 Å². The van der Waals surface area contributed by atoms with E-state index in [1.807, 2.05) is 12.3 Å². The van der Waals surface area contributed by atoms with Gasteiger partial charge in [0.1, 0.15) is 5.52 Å². The summed E-state index contributed by atoms with van der Waals surface area (Å²) in [6.07, 6.45) is 7.16. The van der Waals surface area contributed by atoms with Crippen LogP contribution in [-0.4, -0.2) is 14.5 Å². The number of aromatic nitrogens is 3. The van der Waals surface area contributed by atoms with Crippen molar-refractivity contribution in [1.82, 2.24) is 14.5 Å². The van der Waals surface area contributed by atoms with E-state index in [1.165, 1.54) is 6.42 Å². The lowest BCUT2D eigenvalue weighted by atomic mass is 9.63. The van der Waals surface area contributed by atoms with Gasteiger partial charge in [0.25, 0.3) is 0 Å². The Hall–Kier alpha value is -1.58. The van der Waals surface area contributed by atoms with Crippen LogP contribution in [0.5, 0.6) is 0 Å². The van der Waals surface area contributed by atoms with E-state index in [0.29, 0.717) is 22.8 Å². The Morgan fingerprint density at radius 3 is 2.50 bits per heavy atom. The van der Waals surface area contributed by atoms with Crippen molar-refractivity contribution in [3.05, 3.63) is 18.5 Å². The minimum Gasteiger partial charge on any atom is -0.369 e. The van der Waals surface area contributed by atoms with Crippen molar-refractivity contribution in [2.75, 3.05) is 5.73 Å². The average molecular weight is 272 g/mol. The largest absolute Gasteiger partial charge is 0.369 e. The summed E-state index contributed by atoms with van der Waals surface area (Å²) in [7, 11) is 0. The minimum atomic E-state index is 0.336. The van der Waals surface area contributed by atoms with Crippen LogP contribution in [0.25, 0.3) is 11.0 Å². The van der Waals surface area contributed by atoms with Gasteiger partial charge in [0.2, 0.25) is 5.95 Å². The Balaban J connectivity index is 2.08. The molecule has 1 aliphatic carbocycles. The molecule has 4 nitrogen and oxygen atoms in total. The van der Waals surface area contributed by atoms with Gasteiger partial charge < -0.3 is 10.3 Å². The van der Waals surface area contributed by atoms with Crippen LogP contribution in [0, 0.1) is 10.8 Å². The van der Waals surface area contributed by atoms with Gasteiger partial charge in [-0.15, -0.1) is 0 Å². The maximum Gasteiger partial charge on any atom is 0.201 e. The molecule has 0 amide bonds. The quantitative estimate of drug-likeness (QED) is 0.859. The molecule has 0 atom stereocenters. The fraction of sp³-hybridized carbons (Fsp3) is 0.625. The number of imidazole rings is 1. The molecule has 0 aromatic carbocycles. The minimum absolute atomic E-state index is 0.336. The van der Waals surface area contributed by atoms with E-state index in [0.717, 1.165) is 23.9 Å². The number of rotatable bonds is 1. The molecule has 1 saturated carbocycles. The SMILES string of the molecule is CC1(C)CC(n2c(N)nc3cnccc32)CC(C)(C)C1. The lowest BCUT2D eigenvalue weighted by molar-refractivity contribution is 0.0746. The molecule has 0 saturated heterocycles. The van der Waals surface area contributed by atoms with E-state index in [1.54, 1.807) is 6.20 Å². The highest BCUT2D eigenvalue weighted by Gasteiger charge is 2.39. The first-order valence-corrected chi connectivity index (χ1v) is 7.35.